The van der Waals surface area contributed by atoms with Crippen LogP contribution in [-0.4, -0.2) is 20.9 Å². The Bertz CT molecular complexity index is 355. The van der Waals surface area contributed by atoms with Crippen LogP contribution in [0.5, 0.6) is 0 Å². The lowest BCUT2D eigenvalue weighted by molar-refractivity contribution is -0.138. The van der Waals surface area contributed by atoms with Gasteiger partial charge in [-0.1, -0.05) is 13.8 Å². The molecule has 1 N–H and O–H groups in total. The van der Waals surface area contributed by atoms with E-state index >= 15 is 0 Å². The average molecular weight is 210 g/mol. The van der Waals surface area contributed by atoms with E-state index < -0.39 is 11.9 Å². The van der Waals surface area contributed by atoms with Crippen molar-refractivity contribution >= 4 is 5.97 Å². The van der Waals surface area contributed by atoms with Gasteiger partial charge >= 0.3 is 5.97 Å². The first-order valence-corrected chi connectivity index (χ1v) is 5.27. The van der Waals surface area contributed by atoms with Crippen LogP contribution < -0.4 is 0 Å². The van der Waals surface area contributed by atoms with E-state index in [0.29, 0.717) is 11.6 Å². The van der Waals surface area contributed by atoms with Crippen molar-refractivity contribution in [3.05, 3.63) is 17.5 Å². The van der Waals surface area contributed by atoms with Gasteiger partial charge in [-0.25, -0.2) is 0 Å². The van der Waals surface area contributed by atoms with E-state index in [9.17, 15) is 4.79 Å². The number of carboxylic acids is 1. The summed E-state index contributed by atoms with van der Waals surface area (Å²) >= 11 is 0. The summed E-state index contributed by atoms with van der Waals surface area (Å²) in [7, 11) is 0. The molecule has 1 aromatic rings. The van der Waals surface area contributed by atoms with Crippen LogP contribution in [-0.2, 0) is 11.3 Å². The Morgan fingerprint density at radius 2 is 2.13 bits per heavy atom. The topological polar surface area (TPSA) is 55.1 Å². The molecule has 0 aromatic carbocycles. The quantitative estimate of drug-likeness (QED) is 0.829. The molecule has 0 spiro atoms. The normalized spacial score (nSPS) is 13.1. The molecule has 0 fully saturated rings. The maximum atomic E-state index is 10.8. The van der Waals surface area contributed by atoms with Crippen LogP contribution in [0.25, 0.3) is 0 Å². The Morgan fingerprint density at radius 3 is 2.47 bits per heavy atom. The first-order valence-electron chi connectivity index (χ1n) is 5.27. The van der Waals surface area contributed by atoms with Gasteiger partial charge in [0.1, 0.15) is 0 Å². The maximum absolute atomic E-state index is 10.8. The molecular formula is C11H18N2O2. The molecule has 0 radical (unpaired) electrons. The predicted molar refractivity (Wildman–Crippen MR) is 58.0 cm³/mol. The first kappa shape index (κ1) is 11.8. The highest BCUT2D eigenvalue weighted by Gasteiger charge is 2.19. The van der Waals surface area contributed by atoms with E-state index in [4.69, 9.17) is 5.11 Å². The smallest absolute Gasteiger partial charge is 0.312 e. The van der Waals surface area contributed by atoms with Crippen molar-refractivity contribution in [3.8, 4) is 0 Å². The fourth-order valence-corrected chi connectivity index (χ4v) is 1.51. The summed E-state index contributed by atoms with van der Waals surface area (Å²) in [6.07, 6.45) is 0. The van der Waals surface area contributed by atoms with Gasteiger partial charge in [-0.3, -0.25) is 9.48 Å². The minimum Gasteiger partial charge on any atom is -0.481 e. The molecule has 0 bridgehead atoms. The molecule has 1 atom stereocenters. The molecule has 0 amide bonds. The molecule has 0 saturated carbocycles. The van der Waals surface area contributed by atoms with Crippen LogP contribution in [0.2, 0.25) is 0 Å². The number of rotatable bonds is 4. The van der Waals surface area contributed by atoms with Gasteiger partial charge in [0.05, 0.1) is 11.6 Å². The monoisotopic (exact) mass is 210 g/mol. The SMILES string of the molecule is CCn1nc(C(C)C(=O)O)cc1C(C)C. The number of aromatic nitrogens is 2. The largest absolute Gasteiger partial charge is 0.481 e. The van der Waals surface area contributed by atoms with Crippen LogP contribution in [0.15, 0.2) is 6.07 Å². The van der Waals surface area contributed by atoms with E-state index in [0.717, 1.165) is 12.2 Å². The van der Waals surface area contributed by atoms with E-state index in [1.54, 1.807) is 6.92 Å². The highest BCUT2D eigenvalue weighted by atomic mass is 16.4. The number of carbonyl (C=O) groups is 1. The zero-order valence-electron chi connectivity index (χ0n) is 9.69. The highest BCUT2D eigenvalue weighted by Crippen LogP contribution is 2.21. The first-order chi connectivity index (χ1) is 6.97. The van der Waals surface area contributed by atoms with Crippen molar-refractivity contribution in [2.45, 2.75) is 46.1 Å². The fourth-order valence-electron chi connectivity index (χ4n) is 1.51. The number of aliphatic carboxylic acids is 1. The molecule has 4 nitrogen and oxygen atoms in total. The van der Waals surface area contributed by atoms with Gasteiger partial charge in [0.25, 0.3) is 0 Å². The van der Waals surface area contributed by atoms with Gasteiger partial charge in [0.2, 0.25) is 0 Å². The summed E-state index contributed by atoms with van der Waals surface area (Å²) in [6, 6.07) is 1.90. The number of carboxylic acid groups (broad SMARTS) is 1. The summed E-state index contributed by atoms with van der Waals surface area (Å²) in [6.45, 7) is 8.61. The van der Waals surface area contributed by atoms with Crippen molar-refractivity contribution in [2.75, 3.05) is 0 Å². The second-order valence-corrected chi connectivity index (χ2v) is 4.02. The second kappa shape index (κ2) is 4.47. The third kappa shape index (κ3) is 2.37. The summed E-state index contributed by atoms with van der Waals surface area (Å²) in [4.78, 5) is 10.8. The third-order valence-corrected chi connectivity index (χ3v) is 2.54. The summed E-state index contributed by atoms with van der Waals surface area (Å²) in [5, 5.41) is 13.2. The van der Waals surface area contributed by atoms with Gasteiger partial charge < -0.3 is 5.11 Å². The summed E-state index contributed by atoms with van der Waals surface area (Å²) in [5.41, 5.74) is 1.74. The molecule has 0 aliphatic heterocycles. The lowest BCUT2D eigenvalue weighted by Gasteiger charge is -2.06. The average Bonchev–Trinajstić information content (AvgIpc) is 2.59. The van der Waals surface area contributed by atoms with Crippen molar-refractivity contribution in [3.63, 3.8) is 0 Å². The lowest BCUT2D eigenvalue weighted by atomic mass is 10.1. The zero-order chi connectivity index (χ0) is 11.6. The van der Waals surface area contributed by atoms with Crippen molar-refractivity contribution in [1.29, 1.82) is 0 Å². The maximum Gasteiger partial charge on any atom is 0.312 e. The van der Waals surface area contributed by atoms with Crippen LogP contribution in [0, 0.1) is 0 Å². The molecule has 0 aliphatic rings. The van der Waals surface area contributed by atoms with Gasteiger partial charge in [-0.05, 0) is 25.8 Å². The minimum atomic E-state index is -0.828. The predicted octanol–water partition coefficient (Wildman–Crippen LogP) is 2.21. The molecular weight excluding hydrogens is 192 g/mol. The molecule has 15 heavy (non-hydrogen) atoms. The third-order valence-electron chi connectivity index (χ3n) is 2.54. The van der Waals surface area contributed by atoms with Crippen LogP contribution in [0.1, 0.15) is 50.9 Å². The summed E-state index contributed by atoms with van der Waals surface area (Å²) in [5.74, 6) is -0.992. The summed E-state index contributed by atoms with van der Waals surface area (Å²) < 4.78 is 1.87. The number of nitrogens with zero attached hydrogens (tertiary/aromatic N) is 2. The Morgan fingerprint density at radius 1 is 1.53 bits per heavy atom. The van der Waals surface area contributed by atoms with E-state index in [1.807, 2.05) is 17.7 Å². The molecule has 1 heterocycles. The lowest BCUT2D eigenvalue weighted by Crippen LogP contribution is -2.09. The van der Waals surface area contributed by atoms with E-state index in [2.05, 4.69) is 18.9 Å². The highest BCUT2D eigenvalue weighted by molar-refractivity contribution is 5.74. The molecule has 0 saturated heterocycles. The van der Waals surface area contributed by atoms with Gasteiger partial charge in [0.15, 0.2) is 0 Å². The molecule has 1 unspecified atom stereocenters. The molecule has 1 rings (SSSR count). The van der Waals surface area contributed by atoms with Crippen molar-refractivity contribution < 1.29 is 9.90 Å². The van der Waals surface area contributed by atoms with Gasteiger partial charge in [0, 0.05) is 12.2 Å². The molecule has 0 aliphatic carbocycles. The fraction of sp³-hybridized carbons (Fsp3) is 0.636. The van der Waals surface area contributed by atoms with Crippen LogP contribution in [0.3, 0.4) is 0 Å². The van der Waals surface area contributed by atoms with Crippen molar-refractivity contribution in [2.24, 2.45) is 0 Å². The standard InChI is InChI=1S/C11H18N2O2/c1-5-13-10(7(2)3)6-9(12-13)8(4)11(14)15/h6-8H,5H2,1-4H3,(H,14,15). The molecule has 1 aromatic heterocycles. The van der Waals surface area contributed by atoms with Crippen LogP contribution in [0.4, 0.5) is 0 Å². The van der Waals surface area contributed by atoms with Gasteiger partial charge in [-0.2, -0.15) is 5.10 Å². The Hall–Kier alpha value is -1.32. The minimum absolute atomic E-state index is 0.368. The molecule has 4 heteroatoms. The van der Waals surface area contributed by atoms with E-state index in [1.165, 1.54) is 0 Å². The van der Waals surface area contributed by atoms with Gasteiger partial charge in [-0.15, -0.1) is 0 Å². The number of hydrogen-bond acceptors (Lipinski definition) is 2. The Balaban J connectivity index is 3.07. The number of hydrogen-bond donors (Lipinski definition) is 1. The van der Waals surface area contributed by atoms with Crippen LogP contribution >= 0.6 is 0 Å². The number of aryl methyl sites for hydroxylation is 1. The second-order valence-electron chi connectivity index (χ2n) is 4.02. The Kier molecular flexibility index (Phi) is 3.50. The molecule has 84 valence electrons. The zero-order valence-corrected chi connectivity index (χ0v) is 9.69. The Labute approximate surface area is 89.9 Å². The van der Waals surface area contributed by atoms with Crippen molar-refractivity contribution in [1.82, 2.24) is 9.78 Å². The van der Waals surface area contributed by atoms with E-state index in [-0.39, 0.29) is 0 Å².